The van der Waals surface area contributed by atoms with Gasteiger partial charge >= 0.3 is 0 Å². The number of pyridine rings is 2. The van der Waals surface area contributed by atoms with Gasteiger partial charge in [0.2, 0.25) is 0 Å². The van der Waals surface area contributed by atoms with E-state index in [1.807, 2.05) is 38.1 Å². The summed E-state index contributed by atoms with van der Waals surface area (Å²) in [5.41, 5.74) is 0.575. The van der Waals surface area contributed by atoms with E-state index in [2.05, 4.69) is 9.97 Å². The second kappa shape index (κ2) is 8.19. The van der Waals surface area contributed by atoms with Gasteiger partial charge in [-0.25, -0.2) is 8.78 Å². The Morgan fingerprint density at radius 1 is 1.14 bits per heavy atom. The van der Waals surface area contributed by atoms with E-state index in [1.54, 1.807) is 19.2 Å². The highest BCUT2D eigenvalue weighted by atomic mass is 19.3. The van der Waals surface area contributed by atoms with Crippen LogP contribution in [0.4, 0.5) is 8.78 Å². The van der Waals surface area contributed by atoms with Crippen molar-refractivity contribution in [3.63, 3.8) is 0 Å². The number of hydrogen-bond donors (Lipinski definition) is 1. The van der Waals surface area contributed by atoms with E-state index in [-0.39, 0.29) is 23.8 Å². The minimum atomic E-state index is -2.72. The summed E-state index contributed by atoms with van der Waals surface area (Å²) in [7, 11) is 0. The summed E-state index contributed by atoms with van der Waals surface area (Å²) in [5, 5.41) is 11.2. The Hall–Kier alpha value is -2.60. The zero-order valence-electron chi connectivity index (χ0n) is 16.2. The number of alkyl halides is 2. The maximum Gasteiger partial charge on any atom is 0.267 e. The molecule has 4 nitrogen and oxygen atoms in total. The lowest BCUT2D eigenvalue weighted by Crippen LogP contribution is -2.34. The molecule has 148 valence electrons. The first-order chi connectivity index (χ1) is 13.3. The van der Waals surface area contributed by atoms with Crippen molar-refractivity contribution >= 4 is 10.9 Å². The quantitative estimate of drug-likeness (QED) is 0.590. The number of halogens is 2. The highest BCUT2D eigenvalue weighted by molar-refractivity contribution is 5.93. The number of fused-ring (bicyclic) bond motifs is 1. The highest BCUT2D eigenvalue weighted by Gasteiger charge is 2.25. The molecule has 1 aromatic carbocycles. The summed E-state index contributed by atoms with van der Waals surface area (Å²) < 4.78 is 32.9. The van der Waals surface area contributed by atoms with Crippen LogP contribution in [0, 0.1) is 5.92 Å². The van der Waals surface area contributed by atoms with Crippen LogP contribution in [0.15, 0.2) is 48.8 Å². The average molecular weight is 386 g/mol. The van der Waals surface area contributed by atoms with E-state index < -0.39 is 12.0 Å². The van der Waals surface area contributed by atoms with Crippen LogP contribution < -0.4 is 4.74 Å². The molecule has 2 aromatic heterocycles. The number of aromatic nitrogens is 2. The normalized spacial score (nSPS) is 13.9. The lowest BCUT2D eigenvalue weighted by atomic mass is 9.95. The summed E-state index contributed by atoms with van der Waals surface area (Å²) in [6.07, 6.45) is 0.720. The fourth-order valence-corrected chi connectivity index (χ4v) is 3.39. The summed E-state index contributed by atoms with van der Waals surface area (Å²) in [6, 6.07) is 10.6. The smallest absolute Gasteiger partial charge is 0.267 e. The Balaban J connectivity index is 1.93. The van der Waals surface area contributed by atoms with Gasteiger partial charge in [0.1, 0.15) is 12.4 Å². The van der Waals surface area contributed by atoms with Gasteiger partial charge in [-0.15, -0.1) is 0 Å². The standard InChI is InChI=1S/C22H24F2N2O2/c1-14(2)11-22(3,27)13-28-20-12-26-19(10-17(20)21(23)24)16-8-9-25-18-7-5-4-6-15(16)18/h4-10,12,14,21,27H,11,13H2,1-3H3. The third kappa shape index (κ3) is 4.62. The monoisotopic (exact) mass is 386 g/mol. The third-order valence-corrected chi connectivity index (χ3v) is 4.44. The van der Waals surface area contributed by atoms with E-state index in [0.29, 0.717) is 12.1 Å². The molecule has 1 N–H and O–H groups in total. The first-order valence-corrected chi connectivity index (χ1v) is 9.24. The first-order valence-electron chi connectivity index (χ1n) is 9.24. The largest absolute Gasteiger partial charge is 0.488 e. The Labute approximate surface area is 163 Å². The molecule has 1 unspecified atom stereocenters. The van der Waals surface area contributed by atoms with Gasteiger partial charge in [0.15, 0.2) is 0 Å². The van der Waals surface area contributed by atoms with Crippen molar-refractivity contribution in [2.75, 3.05) is 6.61 Å². The molecule has 0 saturated carbocycles. The molecule has 2 heterocycles. The molecule has 0 bridgehead atoms. The van der Waals surface area contributed by atoms with Crippen molar-refractivity contribution in [1.82, 2.24) is 9.97 Å². The number of nitrogens with zero attached hydrogens (tertiary/aromatic N) is 2. The zero-order valence-corrected chi connectivity index (χ0v) is 16.2. The zero-order chi connectivity index (χ0) is 20.3. The SMILES string of the molecule is CC(C)CC(C)(O)COc1cnc(-c2ccnc3ccccc23)cc1C(F)F. The van der Waals surface area contributed by atoms with Gasteiger partial charge < -0.3 is 9.84 Å². The number of rotatable bonds is 7. The van der Waals surface area contributed by atoms with Gasteiger partial charge in [0.25, 0.3) is 6.43 Å². The maximum atomic E-state index is 13.7. The van der Waals surface area contributed by atoms with Gasteiger partial charge in [-0.3, -0.25) is 9.97 Å². The van der Waals surface area contributed by atoms with Gasteiger partial charge in [-0.2, -0.15) is 0 Å². The second-order valence-electron chi connectivity index (χ2n) is 7.67. The van der Waals surface area contributed by atoms with Crippen LogP contribution in [0.3, 0.4) is 0 Å². The first kappa shape index (κ1) is 20.1. The predicted molar refractivity (Wildman–Crippen MR) is 106 cm³/mol. The molecule has 0 aliphatic carbocycles. The molecule has 0 fully saturated rings. The Bertz CT molecular complexity index is 953. The van der Waals surface area contributed by atoms with Crippen molar-refractivity contribution in [1.29, 1.82) is 0 Å². The minimum Gasteiger partial charge on any atom is -0.488 e. The van der Waals surface area contributed by atoms with Gasteiger partial charge in [0, 0.05) is 17.1 Å². The van der Waals surface area contributed by atoms with Crippen LogP contribution in [0.2, 0.25) is 0 Å². The Kier molecular flexibility index (Phi) is 5.89. The molecule has 6 heteroatoms. The molecule has 3 aromatic rings. The van der Waals surface area contributed by atoms with Crippen LogP contribution in [0.1, 0.15) is 39.2 Å². The summed E-state index contributed by atoms with van der Waals surface area (Å²) in [4.78, 5) is 8.63. The fourth-order valence-electron chi connectivity index (χ4n) is 3.39. The molecule has 0 radical (unpaired) electrons. The minimum absolute atomic E-state index is 0.0128. The summed E-state index contributed by atoms with van der Waals surface area (Å²) in [5.74, 6) is 0.245. The van der Waals surface area contributed by atoms with Crippen molar-refractivity contribution in [3.05, 3.63) is 54.4 Å². The van der Waals surface area contributed by atoms with Gasteiger partial charge in [-0.1, -0.05) is 32.0 Å². The maximum absolute atomic E-state index is 13.7. The van der Waals surface area contributed by atoms with Crippen molar-refractivity contribution in [3.8, 4) is 17.0 Å². The number of aliphatic hydroxyl groups is 1. The van der Waals surface area contributed by atoms with Gasteiger partial charge in [-0.05, 0) is 37.5 Å². The Morgan fingerprint density at radius 3 is 2.61 bits per heavy atom. The number of hydrogen-bond acceptors (Lipinski definition) is 4. The molecule has 0 spiro atoms. The van der Waals surface area contributed by atoms with Crippen LogP contribution in [0.5, 0.6) is 5.75 Å². The lowest BCUT2D eigenvalue weighted by Gasteiger charge is -2.26. The van der Waals surface area contributed by atoms with E-state index in [9.17, 15) is 13.9 Å². The predicted octanol–water partition coefficient (Wildman–Crippen LogP) is 5.41. The van der Waals surface area contributed by atoms with Gasteiger partial charge in [0.05, 0.1) is 28.6 Å². The molecule has 28 heavy (non-hydrogen) atoms. The number of ether oxygens (including phenoxy) is 1. The van der Waals surface area contributed by atoms with Crippen molar-refractivity contribution < 1.29 is 18.6 Å². The van der Waals surface area contributed by atoms with E-state index in [1.165, 1.54) is 12.3 Å². The molecule has 0 amide bonds. The Morgan fingerprint density at radius 2 is 1.89 bits per heavy atom. The molecule has 3 rings (SSSR count). The number of benzene rings is 1. The molecule has 0 aliphatic heterocycles. The average Bonchev–Trinajstić information content (AvgIpc) is 2.65. The molecular weight excluding hydrogens is 362 g/mol. The summed E-state index contributed by atoms with van der Waals surface area (Å²) >= 11 is 0. The van der Waals surface area contributed by atoms with E-state index in [4.69, 9.17) is 4.74 Å². The second-order valence-corrected chi connectivity index (χ2v) is 7.67. The highest BCUT2D eigenvalue weighted by Crippen LogP contribution is 2.34. The van der Waals surface area contributed by atoms with E-state index >= 15 is 0 Å². The lowest BCUT2D eigenvalue weighted by molar-refractivity contribution is -0.00656. The number of para-hydroxylation sites is 1. The van der Waals surface area contributed by atoms with Crippen molar-refractivity contribution in [2.45, 2.75) is 39.2 Å². The molecule has 0 aliphatic rings. The van der Waals surface area contributed by atoms with Crippen LogP contribution in [0.25, 0.3) is 22.2 Å². The molecule has 1 atom stereocenters. The topological polar surface area (TPSA) is 55.2 Å². The summed E-state index contributed by atoms with van der Waals surface area (Å²) in [6.45, 7) is 5.52. The molecule has 0 saturated heterocycles. The fraction of sp³-hybridized carbons (Fsp3) is 0.364. The molecular formula is C22H24F2N2O2. The van der Waals surface area contributed by atoms with Crippen molar-refractivity contribution in [2.24, 2.45) is 5.92 Å². The van der Waals surface area contributed by atoms with Crippen LogP contribution >= 0.6 is 0 Å². The van der Waals surface area contributed by atoms with E-state index in [0.717, 1.165) is 16.5 Å². The van der Waals surface area contributed by atoms with Crippen LogP contribution in [-0.2, 0) is 0 Å². The third-order valence-electron chi connectivity index (χ3n) is 4.44. The van der Waals surface area contributed by atoms with Crippen LogP contribution in [-0.4, -0.2) is 27.3 Å².